The number of hydrogen-bond acceptors (Lipinski definition) is 1. The van der Waals surface area contributed by atoms with E-state index in [0.717, 1.165) is 5.56 Å². The molecular weight excluding hydrogens is 234 g/mol. The van der Waals surface area contributed by atoms with Crippen LogP contribution in [0.3, 0.4) is 0 Å². The number of benzene rings is 2. The van der Waals surface area contributed by atoms with Crippen molar-refractivity contribution in [1.29, 1.82) is 0 Å². The van der Waals surface area contributed by atoms with Crippen molar-refractivity contribution in [3.05, 3.63) is 46.5 Å². The number of halogens is 2. The highest BCUT2D eigenvalue weighted by Crippen LogP contribution is 2.35. The van der Waals surface area contributed by atoms with Gasteiger partial charge in [-0.2, -0.15) is 0 Å². The average molecular weight is 246 g/mol. The largest absolute Gasteiger partial charge is 0.450 e. The number of furan rings is 1. The van der Waals surface area contributed by atoms with E-state index in [1.165, 1.54) is 0 Å². The standard InChI is InChI=1S/C15H12F2O/c1-7-4-5-10-11-8(2)6-9(3)13(17)15(11)18-14(10)12(7)16/h4-6H,1-3H3. The molecule has 0 spiro atoms. The highest BCUT2D eigenvalue weighted by Gasteiger charge is 2.18. The predicted molar refractivity (Wildman–Crippen MR) is 67.8 cm³/mol. The third-order valence-electron chi connectivity index (χ3n) is 3.36. The lowest BCUT2D eigenvalue weighted by atomic mass is 10.0. The molecule has 0 aliphatic heterocycles. The van der Waals surface area contributed by atoms with Gasteiger partial charge in [0, 0.05) is 10.8 Å². The first kappa shape index (κ1) is 11.2. The summed E-state index contributed by atoms with van der Waals surface area (Å²) < 4.78 is 33.4. The van der Waals surface area contributed by atoms with E-state index in [1.54, 1.807) is 32.0 Å². The zero-order chi connectivity index (χ0) is 13.0. The summed E-state index contributed by atoms with van der Waals surface area (Å²) in [5.74, 6) is -0.830. The van der Waals surface area contributed by atoms with Gasteiger partial charge in [-0.15, -0.1) is 0 Å². The Kier molecular flexibility index (Phi) is 2.21. The van der Waals surface area contributed by atoms with E-state index >= 15 is 0 Å². The van der Waals surface area contributed by atoms with Gasteiger partial charge in [0.15, 0.2) is 22.8 Å². The summed E-state index contributed by atoms with van der Waals surface area (Å²) in [6.45, 7) is 5.22. The van der Waals surface area contributed by atoms with Gasteiger partial charge < -0.3 is 4.42 Å². The molecule has 0 saturated heterocycles. The predicted octanol–water partition coefficient (Wildman–Crippen LogP) is 4.79. The summed E-state index contributed by atoms with van der Waals surface area (Å²) in [6, 6.07) is 5.22. The molecule has 0 fully saturated rings. The van der Waals surface area contributed by atoms with Crippen molar-refractivity contribution < 1.29 is 13.2 Å². The maximum absolute atomic E-state index is 14.0. The van der Waals surface area contributed by atoms with E-state index in [2.05, 4.69) is 0 Å². The van der Waals surface area contributed by atoms with Gasteiger partial charge in [-0.3, -0.25) is 0 Å². The van der Waals surface area contributed by atoms with Gasteiger partial charge in [0.05, 0.1) is 0 Å². The topological polar surface area (TPSA) is 13.1 Å². The zero-order valence-corrected chi connectivity index (χ0v) is 10.4. The van der Waals surface area contributed by atoms with Gasteiger partial charge in [0.2, 0.25) is 0 Å². The first-order valence-electron chi connectivity index (χ1n) is 5.77. The molecule has 0 radical (unpaired) electrons. The van der Waals surface area contributed by atoms with Gasteiger partial charge in [-0.1, -0.05) is 12.1 Å². The van der Waals surface area contributed by atoms with Crippen molar-refractivity contribution in [3.63, 3.8) is 0 Å². The molecule has 0 atom stereocenters. The molecule has 3 heteroatoms. The third kappa shape index (κ3) is 1.30. The van der Waals surface area contributed by atoms with Crippen molar-refractivity contribution in [1.82, 2.24) is 0 Å². The van der Waals surface area contributed by atoms with Gasteiger partial charge in [-0.25, -0.2) is 8.78 Å². The van der Waals surface area contributed by atoms with Crippen molar-refractivity contribution in [3.8, 4) is 0 Å². The molecule has 0 amide bonds. The first-order chi connectivity index (χ1) is 8.50. The molecule has 3 rings (SSSR count). The molecular formula is C15H12F2O. The van der Waals surface area contributed by atoms with Crippen LogP contribution in [-0.2, 0) is 0 Å². The van der Waals surface area contributed by atoms with Crippen molar-refractivity contribution in [2.24, 2.45) is 0 Å². The Morgan fingerprint density at radius 2 is 1.50 bits per heavy atom. The van der Waals surface area contributed by atoms with E-state index in [1.807, 2.05) is 6.92 Å². The van der Waals surface area contributed by atoms with Gasteiger partial charge in [0.25, 0.3) is 0 Å². The summed E-state index contributed by atoms with van der Waals surface area (Å²) >= 11 is 0. The molecule has 18 heavy (non-hydrogen) atoms. The van der Waals surface area contributed by atoms with Crippen LogP contribution < -0.4 is 0 Å². The summed E-state index contributed by atoms with van der Waals surface area (Å²) in [5, 5.41) is 1.29. The summed E-state index contributed by atoms with van der Waals surface area (Å²) in [7, 11) is 0. The third-order valence-corrected chi connectivity index (χ3v) is 3.36. The second-order valence-electron chi connectivity index (χ2n) is 4.70. The molecule has 3 aromatic rings. The molecule has 2 aromatic carbocycles. The second kappa shape index (κ2) is 3.55. The molecule has 1 heterocycles. The summed E-state index contributed by atoms with van der Waals surface area (Å²) in [5.41, 5.74) is 2.18. The van der Waals surface area contributed by atoms with Gasteiger partial charge in [-0.05, 0) is 43.5 Å². The lowest BCUT2D eigenvalue weighted by Crippen LogP contribution is -1.85. The first-order valence-corrected chi connectivity index (χ1v) is 5.77. The Balaban J connectivity index is 2.63. The molecule has 0 N–H and O–H groups in total. The fourth-order valence-corrected chi connectivity index (χ4v) is 2.41. The van der Waals surface area contributed by atoms with Crippen LogP contribution in [-0.4, -0.2) is 0 Å². The zero-order valence-electron chi connectivity index (χ0n) is 10.4. The van der Waals surface area contributed by atoms with Gasteiger partial charge in [0.1, 0.15) is 0 Å². The molecule has 0 aliphatic rings. The van der Waals surface area contributed by atoms with Crippen LogP contribution in [0.5, 0.6) is 0 Å². The van der Waals surface area contributed by atoms with Crippen LogP contribution in [0.25, 0.3) is 21.9 Å². The number of fused-ring (bicyclic) bond motifs is 3. The monoisotopic (exact) mass is 246 g/mol. The Labute approximate surface area is 103 Å². The SMILES string of the molecule is Cc1ccc2c(oc3c(F)c(C)cc(C)c32)c1F. The lowest BCUT2D eigenvalue weighted by Gasteiger charge is -2.00. The van der Waals surface area contributed by atoms with Crippen LogP contribution >= 0.6 is 0 Å². The molecule has 0 saturated carbocycles. The van der Waals surface area contributed by atoms with Crippen LogP contribution in [0.4, 0.5) is 8.78 Å². The van der Waals surface area contributed by atoms with Crippen molar-refractivity contribution in [2.75, 3.05) is 0 Å². The Hall–Kier alpha value is -1.90. The maximum atomic E-state index is 14.0. The fraction of sp³-hybridized carbons (Fsp3) is 0.200. The quantitative estimate of drug-likeness (QED) is 0.556. The number of rotatable bonds is 0. The van der Waals surface area contributed by atoms with Crippen molar-refractivity contribution >= 4 is 21.9 Å². The second-order valence-corrected chi connectivity index (χ2v) is 4.70. The van der Waals surface area contributed by atoms with E-state index in [4.69, 9.17) is 4.42 Å². The smallest absolute Gasteiger partial charge is 0.171 e. The number of hydrogen-bond donors (Lipinski definition) is 0. The minimum Gasteiger partial charge on any atom is -0.450 e. The van der Waals surface area contributed by atoms with Crippen molar-refractivity contribution in [2.45, 2.75) is 20.8 Å². The Morgan fingerprint density at radius 1 is 0.833 bits per heavy atom. The minimum atomic E-state index is -0.417. The van der Waals surface area contributed by atoms with E-state index in [-0.39, 0.29) is 11.2 Å². The molecule has 0 bridgehead atoms. The average Bonchev–Trinajstić information content (AvgIpc) is 2.72. The molecule has 1 nitrogen and oxygen atoms in total. The van der Waals surface area contributed by atoms with Gasteiger partial charge >= 0.3 is 0 Å². The molecule has 92 valence electrons. The number of aryl methyl sites for hydroxylation is 3. The lowest BCUT2D eigenvalue weighted by molar-refractivity contribution is 0.551. The molecule has 0 unspecified atom stereocenters. The van der Waals surface area contributed by atoms with E-state index < -0.39 is 11.6 Å². The van der Waals surface area contributed by atoms with E-state index in [0.29, 0.717) is 21.9 Å². The fourth-order valence-electron chi connectivity index (χ4n) is 2.41. The normalized spacial score (nSPS) is 11.6. The van der Waals surface area contributed by atoms with E-state index in [9.17, 15) is 8.78 Å². The maximum Gasteiger partial charge on any atom is 0.171 e. The Morgan fingerprint density at radius 3 is 2.22 bits per heavy atom. The minimum absolute atomic E-state index is 0.137. The highest BCUT2D eigenvalue weighted by atomic mass is 19.1. The highest BCUT2D eigenvalue weighted by molar-refractivity contribution is 6.07. The van der Waals surface area contributed by atoms with Crippen LogP contribution in [0.2, 0.25) is 0 Å². The van der Waals surface area contributed by atoms with Crippen LogP contribution in [0.15, 0.2) is 22.6 Å². The van der Waals surface area contributed by atoms with Crippen LogP contribution in [0, 0.1) is 32.4 Å². The Bertz CT molecular complexity index is 784. The molecule has 0 aliphatic carbocycles. The summed E-state index contributed by atoms with van der Waals surface area (Å²) in [4.78, 5) is 0. The van der Waals surface area contributed by atoms with Crippen LogP contribution in [0.1, 0.15) is 16.7 Å². The summed E-state index contributed by atoms with van der Waals surface area (Å²) in [6.07, 6.45) is 0. The molecule has 1 aromatic heterocycles.